The van der Waals surface area contributed by atoms with Gasteiger partial charge >= 0.3 is 0 Å². The smallest absolute Gasteiger partial charge is 0.261 e. The second-order valence-corrected chi connectivity index (χ2v) is 12.5. The van der Waals surface area contributed by atoms with Gasteiger partial charge in [-0.25, -0.2) is 19.0 Å². The Balaban J connectivity index is 1.17. The third-order valence-corrected chi connectivity index (χ3v) is 9.26. The van der Waals surface area contributed by atoms with Crippen LogP contribution in [0, 0.1) is 11.7 Å². The predicted molar refractivity (Wildman–Crippen MR) is 179 cm³/mol. The normalized spacial score (nSPS) is 16.5. The van der Waals surface area contributed by atoms with Crippen LogP contribution < -0.4 is 16.5 Å². The van der Waals surface area contributed by atoms with Gasteiger partial charge in [-0.1, -0.05) is 24.3 Å². The van der Waals surface area contributed by atoms with E-state index < -0.39 is 17.2 Å². The number of hydrogen-bond acceptors (Lipinski definition) is 8. The fourth-order valence-corrected chi connectivity index (χ4v) is 6.56. The van der Waals surface area contributed by atoms with Crippen molar-refractivity contribution in [3.05, 3.63) is 88.9 Å². The number of nitrogen functional groups attached to an aromatic ring is 1. The first-order chi connectivity index (χ1) is 22.8. The molecule has 5 aromatic rings. The Bertz CT molecular complexity index is 1960. The molecule has 3 aromatic heterocycles. The van der Waals surface area contributed by atoms with Crippen molar-refractivity contribution in [1.82, 2.24) is 29.2 Å². The average Bonchev–Trinajstić information content (AvgIpc) is 3.48. The predicted octanol–water partition coefficient (Wildman–Crippen LogP) is 4.99. The van der Waals surface area contributed by atoms with E-state index in [2.05, 4.69) is 27.2 Å². The van der Waals surface area contributed by atoms with E-state index in [0.29, 0.717) is 65.0 Å². The number of halogens is 1. The van der Waals surface area contributed by atoms with Gasteiger partial charge in [0.2, 0.25) is 5.43 Å². The molecule has 2 aliphatic heterocycles. The van der Waals surface area contributed by atoms with Crippen molar-refractivity contribution in [1.29, 1.82) is 0 Å². The molecule has 0 saturated carbocycles. The van der Waals surface area contributed by atoms with E-state index in [1.54, 1.807) is 36.7 Å². The Kier molecular flexibility index (Phi) is 8.52. The molecule has 0 atom stereocenters. The van der Waals surface area contributed by atoms with Crippen LogP contribution in [0.5, 0.6) is 0 Å². The lowest BCUT2D eigenvalue weighted by atomic mass is 9.99. The van der Waals surface area contributed by atoms with E-state index in [9.17, 15) is 14.0 Å². The molecule has 0 radical (unpaired) electrons. The van der Waals surface area contributed by atoms with Gasteiger partial charge in [0.1, 0.15) is 29.2 Å². The van der Waals surface area contributed by atoms with Gasteiger partial charge in [0, 0.05) is 49.0 Å². The number of benzene rings is 2. The third-order valence-electron chi connectivity index (χ3n) is 9.26. The van der Waals surface area contributed by atoms with Crippen molar-refractivity contribution < 1.29 is 13.9 Å². The number of pyridine rings is 1. The zero-order valence-electron chi connectivity index (χ0n) is 26.2. The van der Waals surface area contributed by atoms with Crippen LogP contribution in [0.25, 0.3) is 33.4 Å². The Hall–Kier alpha value is -4.94. The number of carbonyl (C=O) groups excluding carboxylic acids is 1. The second kappa shape index (κ2) is 13.0. The van der Waals surface area contributed by atoms with E-state index in [0.717, 1.165) is 44.3 Å². The minimum Gasteiger partial charge on any atom is -0.383 e. The molecule has 242 valence electrons. The topological polar surface area (TPSA) is 133 Å². The fraction of sp³-hybridized carbons (Fsp3) is 0.343. The number of amides is 1. The molecular formula is C35H37FN8O3. The Labute approximate surface area is 271 Å². The van der Waals surface area contributed by atoms with Crippen LogP contribution in [0.2, 0.25) is 0 Å². The van der Waals surface area contributed by atoms with Crippen LogP contribution in [-0.4, -0.2) is 68.5 Å². The number of rotatable bonds is 7. The summed E-state index contributed by atoms with van der Waals surface area (Å²) in [5.74, 6) is -0.207. The van der Waals surface area contributed by atoms with Crippen LogP contribution in [0.1, 0.15) is 42.1 Å². The molecule has 12 heteroatoms. The first-order valence-electron chi connectivity index (χ1n) is 16.0. The maximum absolute atomic E-state index is 13.7. The van der Waals surface area contributed by atoms with Gasteiger partial charge in [-0.3, -0.25) is 9.59 Å². The summed E-state index contributed by atoms with van der Waals surface area (Å²) >= 11 is 0. The molecule has 0 aliphatic carbocycles. The summed E-state index contributed by atoms with van der Waals surface area (Å²) in [6.45, 7) is 3.96. The summed E-state index contributed by atoms with van der Waals surface area (Å²) in [5.41, 5.74) is 9.52. The highest BCUT2D eigenvalue weighted by molar-refractivity contribution is 6.05. The SMILES string of the molecule is CN1CCC(n2nc(-c3ccc(NC(=O)c4cn(CC5CCOCC5)cc(-c5ccc(F)cc5)c4=O)cc3)c3c(N)ncnc32)CC1. The van der Waals surface area contributed by atoms with Crippen molar-refractivity contribution in [2.75, 3.05) is 44.4 Å². The largest absolute Gasteiger partial charge is 0.383 e. The van der Waals surface area contributed by atoms with E-state index in [1.807, 2.05) is 21.4 Å². The molecule has 0 spiro atoms. The summed E-state index contributed by atoms with van der Waals surface area (Å²) in [7, 11) is 2.12. The van der Waals surface area contributed by atoms with Crippen molar-refractivity contribution in [3.8, 4) is 22.4 Å². The molecule has 7 rings (SSSR count). The summed E-state index contributed by atoms with van der Waals surface area (Å²) in [5, 5.41) is 8.57. The van der Waals surface area contributed by atoms with Crippen molar-refractivity contribution in [2.24, 2.45) is 5.92 Å². The number of likely N-dealkylation sites (tertiary alicyclic amines) is 1. The number of anilines is 2. The maximum atomic E-state index is 13.7. The number of nitrogens with zero attached hydrogens (tertiary/aromatic N) is 6. The van der Waals surface area contributed by atoms with Gasteiger partial charge in [-0.2, -0.15) is 5.10 Å². The molecule has 0 unspecified atom stereocenters. The highest BCUT2D eigenvalue weighted by Crippen LogP contribution is 2.34. The summed E-state index contributed by atoms with van der Waals surface area (Å²) in [4.78, 5) is 38.4. The molecule has 3 N–H and O–H groups in total. The first kappa shape index (κ1) is 30.7. The lowest BCUT2D eigenvalue weighted by Gasteiger charge is -2.29. The molecule has 2 fully saturated rings. The fourth-order valence-electron chi connectivity index (χ4n) is 6.56. The lowest BCUT2D eigenvalue weighted by molar-refractivity contribution is 0.0612. The molecule has 11 nitrogen and oxygen atoms in total. The number of nitrogens with two attached hydrogens (primary N) is 1. The molecule has 2 aromatic carbocycles. The van der Waals surface area contributed by atoms with E-state index in [4.69, 9.17) is 15.6 Å². The zero-order chi connectivity index (χ0) is 32.5. The number of nitrogens with one attached hydrogen (secondary N) is 1. The van der Waals surface area contributed by atoms with Gasteiger partial charge in [-0.15, -0.1) is 0 Å². The van der Waals surface area contributed by atoms with Gasteiger partial charge in [-0.05, 0) is 81.6 Å². The van der Waals surface area contributed by atoms with Gasteiger partial charge in [0.15, 0.2) is 5.65 Å². The highest BCUT2D eigenvalue weighted by atomic mass is 19.1. The maximum Gasteiger partial charge on any atom is 0.261 e. The standard InChI is InChI=1S/C35H37FN8O3/c1-42-14-10-27(11-15-42)44-34-30(33(37)38-21-39-34)31(41-44)24-4-8-26(9-5-24)40-35(46)29-20-43(18-22-12-16-47-17-13-22)19-28(32(29)45)23-2-6-25(36)7-3-23/h2-9,19-22,27H,10-18H2,1H3,(H,40,46)(H2,37,38,39). The first-order valence-corrected chi connectivity index (χ1v) is 16.0. The minimum absolute atomic E-state index is 0.00995. The summed E-state index contributed by atoms with van der Waals surface area (Å²) < 4.78 is 23.1. The van der Waals surface area contributed by atoms with Crippen molar-refractivity contribution >= 4 is 28.4 Å². The molecule has 2 saturated heterocycles. The van der Waals surface area contributed by atoms with Crippen LogP contribution in [0.15, 0.2) is 72.0 Å². The van der Waals surface area contributed by atoms with Gasteiger partial charge in [0.05, 0.1) is 11.4 Å². The number of piperidine rings is 1. The minimum atomic E-state index is -0.526. The summed E-state index contributed by atoms with van der Waals surface area (Å²) in [6.07, 6.45) is 8.54. The van der Waals surface area contributed by atoms with E-state index in [-0.39, 0.29) is 11.6 Å². The average molecular weight is 637 g/mol. The zero-order valence-corrected chi connectivity index (χ0v) is 26.2. The number of fused-ring (bicyclic) bond motifs is 1. The third kappa shape index (κ3) is 6.38. The van der Waals surface area contributed by atoms with Crippen molar-refractivity contribution in [2.45, 2.75) is 38.3 Å². The Morgan fingerprint density at radius 3 is 2.40 bits per heavy atom. The van der Waals surface area contributed by atoms with Crippen LogP contribution in [0.4, 0.5) is 15.9 Å². The molecule has 5 heterocycles. The number of ether oxygens (including phenoxy) is 1. The quantitative estimate of drug-likeness (QED) is 0.255. The van der Waals surface area contributed by atoms with E-state index >= 15 is 0 Å². The van der Waals surface area contributed by atoms with Gasteiger partial charge < -0.3 is 25.3 Å². The highest BCUT2D eigenvalue weighted by Gasteiger charge is 2.25. The lowest BCUT2D eigenvalue weighted by Crippen LogP contribution is -2.31. The molecule has 47 heavy (non-hydrogen) atoms. The number of carbonyl (C=O) groups is 1. The monoisotopic (exact) mass is 636 g/mol. The molecular weight excluding hydrogens is 599 g/mol. The van der Waals surface area contributed by atoms with Gasteiger partial charge in [0.25, 0.3) is 5.91 Å². The Morgan fingerprint density at radius 2 is 1.68 bits per heavy atom. The van der Waals surface area contributed by atoms with Crippen LogP contribution in [0.3, 0.4) is 0 Å². The summed E-state index contributed by atoms with van der Waals surface area (Å²) in [6, 6.07) is 13.2. The Morgan fingerprint density at radius 1 is 0.979 bits per heavy atom. The molecule has 1 amide bonds. The molecule has 2 aliphatic rings. The van der Waals surface area contributed by atoms with E-state index in [1.165, 1.54) is 18.5 Å². The number of hydrogen-bond donors (Lipinski definition) is 2. The van der Waals surface area contributed by atoms with Crippen LogP contribution >= 0.6 is 0 Å². The molecule has 0 bridgehead atoms. The second-order valence-electron chi connectivity index (χ2n) is 12.5. The van der Waals surface area contributed by atoms with Crippen LogP contribution in [-0.2, 0) is 11.3 Å². The number of aromatic nitrogens is 5. The van der Waals surface area contributed by atoms with Crippen molar-refractivity contribution in [3.63, 3.8) is 0 Å².